The Morgan fingerprint density at radius 3 is 2.25 bits per heavy atom. The van der Waals surface area contributed by atoms with Crippen LogP contribution in [0.3, 0.4) is 0 Å². The Labute approximate surface area is 152 Å². The Kier molecular flexibility index (Phi) is 5.63. The minimum absolute atomic E-state index is 0.00383. The van der Waals surface area contributed by atoms with Crippen LogP contribution in [0.5, 0.6) is 0 Å². The summed E-state index contributed by atoms with van der Waals surface area (Å²) < 4.78 is 7.17. The third-order valence-corrected chi connectivity index (χ3v) is 5.83. The lowest BCUT2D eigenvalue weighted by atomic mass is 9.90. The van der Waals surface area contributed by atoms with Crippen LogP contribution >= 0.6 is 15.9 Å². The summed E-state index contributed by atoms with van der Waals surface area (Å²) in [5, 5.41) is 0. The average Bonchev–Trinajstić information content (AvgIpc) is 3.08. The second kappa shape index (κ2) is 7.54. The molecule has 3 rings (SSSR count). The van der Waals surface area contributed by atoms with Gasteiger partial charge in [0.05, 0.1) is 12.2 Å². The number of hydrogen-bond donors (Lipinski definition) is 1. The maximum atomic E-state index is 12.9. The third-order valence-electron chi connectivity index (χ3n) is 5.30. The van der Waals surface area contributed by atoms with Crippen molar-refractivity contribution in [3.05, 3.63) is 34.3 Å². The Balaban J connectivity index is 1.56. The first-order chi connectivity index (χ1) is 11.5. The number of nitrogens with zero attached hydrogens (tertiary/aromatic N) is 1. The molecule has 0 bridgehead atoms. The maximum Gasteiger partial charge on any atom is 0.246 e. The molecular weight excluding hydrogens is 368 g/mol. The van der Waals surface area contributed by atoms with E-state index in [9.17, 15) is 4.79 Å². The summed E-state index contributed by atoms with van der Waals surface area (Å²) in [7, 11) is 0. The number of carbonyl (C=O) groups is 1. The molecule has 24 heavy (non-hydrogen) atoms. The predicted molar refractivity (Wildman–Crippen MR) is 98.6 cm³/mol. The summed E-state index contributed by atoms with van der Waals surface area (Å²) in [6, 6.07) is 7.68. The first kappa shape index (κ1) is 17.9. The van der Waals surface area contributed by atoms with Crippen LogP contribution in [0.15, 0.2) is 28.7 Å². The zero-order chi connectivity index (χ0) is 17.2. The van der Waals surface area contributed by atoms with E-state index in [2.05, 4.69) is 15.9 Å². The standard InChI is InChI=1S/C19H27BrN2O2/c1-19(21,14-6-8-15(20)9-7-14)18(23)22-12-10-17(11-13-22)24-16-4-2-3-5-16/h6-9,16-17H,2-5,10-13,21H2,1H3. The number of ether oxygens (including phenoxy) is 1. The number of piperidine rings is 1. The van der Waals surface area contributed by atoms with E-state index in [0.29, 0.717) is 12.2 Å². The molecule has 2 N–H and O–H groups in total. The van der Waals surface area contributed by atoms with Gasteiger partial charge >= 0.3 is 0 Å². The fourth-order valence-corrected chi connectivity index (χ4v) is 4.00. The van der Waals surface area contributed by atoms with Gasteiger partial charge in [-0.25, -0.2) is 0 Å². The molecule has 1 unspecified atom stereocenters. The van der Waals surface area contributed by atoms with Crippen molar-refractivity contribution in [2.24, 2.45) is 5.73 Å². The van der Waals surface area contributed by atoms with Gasteiger partial charge in [-0.15, -0.1) is 0 Å². The van der Waals surface area contributed by atoms with Gasteiger partial charge in [0.15, 0.2) is 0 Å². The minimum atomic E-state index is -0.986. The molecule has 1 aliphatic heterocycles. The van der Waals surface area contributed by atoms with Crippen LogP contribution < -0.4 is 5.73 Å². The molecular formula is C19H27BrN2O2. The number of hydrogen-bond acceptors (Lipinski definition) is 3. The summed E-state index contributed by atoms with van der Waals surface area (Å²) in [6.07, 6.45) is 7.56. The first-order valence-corrected chi connectivity index (χ1v) is 9.76. The summed E-state index contributed by atoms with van der Waals surface area (Å²) in [5.41, 5.74) is 6.25. The van der Waals surface area contributed by atoms with Crippen molar-refractivity contribution in [3.63, 3.8) is 0 Å². The summed E-state index contributed by atoms with van der Waals surface area (Å²) in [4.78, 5) is 14.8. The highest BCUT2D eigenvalue weighted by Crippen LogP contribution is 2.28. The van der Waals surface area contributed by atoms with E-state index in [-0.39, 0.29) is 5.91 Å². The number of benzene rings is 1. The highest BCUT2D eigenvalue weighted by molar-refractivity contribution is 9.10. The van der Waals surface area contributed by atoms with Gasteiger partial charge in [-0.3, -0.25) is 4.79 Å². The zero-order valence-corrected chi connectivity index (χ0v) is 15.9. The van der Waals surface area contributed by atoms with Crippen molar-refractivity contribution in [3.8, 4) is 0 Å². The Morgan fingerprint density at radius 2 is 1.67 bits per heavy atom. The monoisotopic (exact) mass is 394 g/mol. The van der Waals surface area contributed by atoms with E-state index in [1.165, 1.54) is 25.7 Å². The number of carbonyl (C=O) groups excluding carboxylic acids is 1. The predicted octanol–water partition coefficient (Wildman–Crippen LogP) is 3.57. The number of rotatable bonds is 4. The molecule has 132 valence electrons. The van der Waals surface area contributed by atoms with E-state index in [0.717, 1.165) is 36.0 Å². The normalized spacial score (nSPS) is 22.5. The summed E-state index contributed by atoms with van der Waals surface area (Å²) in [5.74, 6) is 0.00383. The number of likely N-dealkylation sites (tertiary alicyclic amines) is 1. The Hall–Kier alpha value is -0.910. The van der Waals surface area contributed by atoms with Crippen LogP contribution in [0.4, 0.5) is 0 Å². The molecule has 2 fully saturated rings. The minimum Gasteiger partial charge on any atom is -0.375 e. The topological polar surface area (TPSA) is 55.6 Å². The Morgan fingerprint density at radius 1 is 1.12 bits per heavy atom. The summed E-state index contributed by atoms with van der Waals surface area (Å²) in [6.45, 7) is 3.28. The maximum absolute atomic E-state index is 12.9. The van der Waals surface area contributed by atoms with Crippen molar-refractivity contribution in [2.45, 2.75) is 63.2 Å². The third kappa shape index (κ3) is 4.01. The van der Waals surface area contributed by atoms with Crippen LogP contribution in [-0.2, 0) is 15.1 Å². The van der Waals surface area contributed by atoms with E-state index in [1.807, 2.05) is 29.2 Å². The molecule has 5 heteroatoms. The molecule has 2 aliphatic rings. The van der Waals surface area contributed by atoms with Gasteiger partial charge in [0, 0.05) is 17.6 Å². The summed E-state index contributed by atoms with van der Waals surface area (Å²) >= 11 is 3.42. The van der Waals surface area contributed by atoms with Crippen LogP contribution in [0.1, 0.15) is 51.0 Å². The molecule has 1 heterocycles. The Bertz CT molecular complexity index is 559. The molecule has 4 nitrogen and oxygen atoms in total. The molecule has 0 aromatic heterocycles. The number of amides is 1. The van der Waals surface area contributed by atoms with E-state index < -0.39 is 5.54 Å². The van der Waals surface area contributed by atoms with Crippen molar-refractivity contribution < 1.29 is 9.53 Å². The van der Waals surface area contributed by atoms with Gasteiger partial charge in [0.25, 0.3) is 0 Å². The van der Waals surface area contributed by atoms with Gasteiger partial charge in [0.2, 0.25) is 5.91 Å². The fraction of sp³-hybridized carbons (Fsp3) is 0.632. The molecule has 1 aliphatic carbocycles. The van der Waals surface area contributed by atoms with Gasteiger partial charge in [-0.1, -0.05) is 40.9 Å². The SMILES string of the molecule is CC(N)(C(=O)N1CCC(OC2CCCC2)CC1)c1ccc(Br)cc1. The largest absolute Gasteiger partial charge is 0.375 e. The lowest BCUT2D eigenvalue weighted by Crippen LogP contribution is -2.53. The first-order valence-electron chi connectivity index (χ1n) is 8.96. The van der Waals surface area contributed by atoms with E-state index in [4.69, 9.17) is 10.5 Å². The number of nitrogens with two attached hydrogens (primary N) is 1. The second-order valence-electron chi connectivity index (χ2n) is 7.24. The average molecular weight is 395 g/mol. The second-order valence-corrected chi connectivity index (χ2v) is 8.16. The molecule has 1 aromatic carbocycles. The highest BCUT2D eigenvalue weighted by Gasteiger charge is 2.36. The van der Waals surface area contributed by atoms with Gasteiger partial charge in [-0.05, 0) is 50.3 Å². The van der Waals surface area contributed by atoms with Crippen LogP contribution in [0.2, 0.25) is 0 Å². The fourth-order valence-electron chi connectivity index (χ4n) is 3.74. The van der Waals surface area contributed by atoms with Crippen LogP contribution in [-0.4, -0.2) is 36.1 Å². The van der Waals surface area contributed by atoms with Crippen molar-refractivity contribution >= 4 is 21.8 Å². The lowest BCUT2D eigenvalue weighted by molar-refractivity contribution is -0.140. The molecule has 1 saturated carbocycles. The molecule has 1 saturated heterocycles. The molecule has 1 atom stereocenters. The van der Waals surface area contributed by atoms with E-state index >= 15 is 0 Å². The van der Waals surface area contributed by atoms with Gasteiger partial charge in [0.1, 0.15) is 5.54 Å². The zero-order valence-electron chi connectivity index (χ0n) is 14.3. The van der Waals surface area contributed by atoms with Crippen molar-refractivity contribution in [1.29, 1.82) is 0 Å². The molecule has 1 aromatic rings. The van der Waals surface area contributed by atoms with E-state index in [1.54, 1.807) is 6.92 Å². The smallest absolute Gasteiger partial charge is 0.246 e. The highest BCUT2D eigenvalue weighted by atomic mass is 79.9. The molecule has 0 radical (unpaired) electrons. The quantitative estimate of drug-likeness (QED) is 0.848. The molecule has 1 amide bonds. The van der Waals surface area contributed by atoms with Gasteiger partial charge in [-0.2, -0.15) is 0 Å². The number of halogens is 1. The van der Waals surface area contributed by atoms with Crippen LogP contribution in [0, 0.1) is 0 Å². The molecule has 0 spiro atoms. The van der Waals surface area contributed by atoms with Crippen molar-refractivity contribution in [2.75, 3.05) is 13.1 Å². The lowest BCUT2D eigenvalue weighted by Gasteiger charge is -2.37. The van der Waals surface area contributed by atoms with Crippen LogP contribution in [0.25, 0.3) is 0 Å². The van der Waals surface area contributed by atoms with Crippen molar-refractivity contribution in [1.82, 2.24) is 4.90 Å². The van der Waals surface area contributed by atoms with Gasteiger partial charge < -0.3 is 15.4 Å².